The maximum atomic E-state index is 11.6. The Morgan fingerprint density at radius 1 is 1.14 bits per heavy atom. The first-order valence-electron chi connectivity index (χ1n) is 6.52. The van der Waals surface area contributed by atoms with Crippen LogP contribution in [0.2, 0.25) is 5.02 Å². The number of carbonyl (C=O) groups excluding carboxylic acids is 1. The number of methoxy groups -OCH3 is 1. The van der Waals surface area contributed by atoms with Crippen LogP contribution < -0.4 is 14.9 Å². The molecule has 0 aliphatic rings. The lowest BCUT2D eigenvalue weighted by Crippen LogP contribution is -2.24. The van der Waals surface area contributed by atoms with Crippen molar-refractivity contribution in [2.45, 2.75) is 0 Å². The molecule has 1 amide bonds. The molecular formula is C16H15ClN2O3. The number of nitrogens with zero attached hydrogens (tertiary/aromatic N) is 1. The Balaban J connectivity index is 1.76. The van der Waals surface area contributed by atoms with E-state index < -0.39 is 0 Å². The highest BCUT2D eigenvalue weighted by atomic mass is 35.5. The number of rotatable bonds is 6. The van der Waals surface area contributed by atoms with Crippen LogP contribution in [0.4, 0.5) is 0 Å². The molecule has 0 unspecified atom stereocenters. The Kier molecular flexibility index (Phi) is 5.80. The van der Waals surface area contributed by atoms with Crippen molar-refractivity contribution < 1.29 is 14.3 Å². The van der Waals surface area contributed by atoms with Crippen molar-refractivity contribution in [3.63, 3.8) is 0 Å². The van der Waals surface area contributed by atoms with Crippen molar-refractivity contribution in [1.29, 1.82) is 0 Å². The van der Waals surface area contributed by atoms with E-state index in [1.807, 2.05) is 0 Å². The van der Waals surface area contributed by atoms with Gasteiger partial charge in [0.15, 0.2) is 6.61 Å². The molecule has 6 heteroatoms. The van der Waals surface area contributed by atoms with Gasteiger partial charge in [0.1, 0.15) is 11.5 Å². The molecule has 2 aromatic rings. The smallest absolute Gasteiger partial charge is 0.277 e. The molecule has 0 aliphatic carbocycles. The van der Waals surface area contributed by atoms with Crippen LogP contribution in [-0.4, -0.2) is 25.8 Å². The summed E-state index contributed by atoms with van der Waals surface area (Å²) in [6.07, 6.45) is 1.53. The first kappa shape index (κ1) is 15.9. The molecule has 0 aromatic heterocycles. The Morgan fingerprint density at radius 2 is 1.77 bits per heavy atom. The standard InChI is InChI=1S/C16H15ClN2O3/c1-21-14-6-8-15(9-7-14)22-11-16(20)19-18-10-12-2-4-13(17)5-3-12/h2-10H,11H2,1H3,(H,19,20)/b18-10-. The Hall–Kier alpha value is -2.53. The molecule has 0 fully saturated rings. The lowest BCUT2D eigenvalue weighted by Gasteiger charge is -2.05. The van der Waals surface area contributed by atoms with Crippen LogP contribution in [-0.2, 0) is 4.79 Å². The Morgan fingerprint density at radius 3 is 2.41 bits per heavy atom. The number of amides is 1. The predicted octanol–water partition coefficient (Wildman–Crippen LogP) is 2.88. The minimum absolute atomic E-state index is 0.121. The van der Waals surface area contributed by atoms with Gasteiger partial charge in [-0.25, -0.2) is 5.43 Å². The fourth-order valence-corrected chi connectivity index (χ4v) is 1.71. The maximum absolute atomic E-state index is 11.6. The molecular weight excluding hydrogens is 304 g/mol. The fraction of sp³-hybridized carbons (Fsp3) is 0.125. The van der Waals surface area contributed by atoms with Crippen molar-refractivity contribution >= 4 is 23.7 Å². The molecule has 2 aromatic carbocycles. The SMILES string of the molecule is COc1ccc(OCC(=O)N/N=C\c2ccc(Cl)cc2)cc1. The van der Waals surface area contributed by atoms with Crippen molar-refractivity contribution in [1.82, 2.24) is 5.43 Å². The number of ether oxygens (including phenoxy) is 2. The van der Waals surface area contributed by atoms with Crippen LogP contribution in [0.1, 0.15) is 5.56 Å². The number of hydrogen-bond acceptors (Lipinski definition) is 4. The lowest BCUT2D eigenvalue weighted by molar-refractivity contribution is -0.123. The van der Waals surface area contributed by atoms with Crippen molar-refractivity contribution in [2.24, 2.45) is 5.10 Å². The van der Waals surface area contributed by atoms with Gasteiger partial charge in [0.25, 0.3) is 5.91 Å². The molecule has 0 aliphatic heterocycles. The molecule has 0 radical (unpaired) electrons. The van der Waals surface area contributed by atoms with Gasteiger partial charge in [-0.15, -0.1) is 0 Å². The summed E-state index contributed by atoms with van der Waals surface area (Å²) in [4.78, 5) is 11.6. The Labute approximate surface area is 133 Å². The average Bonchev–Trinajstić information content (AvgIpc) is 2.55. The first-order valence-corrected chi connectivity index (χ1v) is 6.89. The molecule has 5 nitrogen and oxygen atoms in total. The molecule has 22 heavy (non-hydrogen) atoms. The van der Waals surface area contributed by atoms with Gasteiger partial charge >= 0.3 is 0 Å². The van der Waals surface area contributed by atoms with Crippen LogP contribution in [0.25, 0.3) is 0 Å². The number of halogens is 1. The summed E-state index contributed by atoms with van der Waals surface area (Å²) >= 11 is 5.78. The van der Waals surface area contributed by atoms with Gasteiger partial charge in [-0.2, -0.15) is 5.10 Å². The quantitative estimate of drug-likeness (QED) is 0.658. The molecule has 114 valence electrons. The van der Waals surface area contributed by atoms with E-state index in [1.54, 1.807) is 55.6 Å². The summed E-state index contributed by atoms with van der Waals surface area (Å²) < 4.78 is 10.4. The highest BCUT2D eigenvalue weighted by Gasteiger charge is 2.01. The van der Waals surface area contributed by atoms with E-state index in [2.05, 4.69) is 10.5 Å². The molecule has 0 bridgehead atoms. The van der Waals surface area contributed by atoms with E-state index in [0.29, 0.717) is 10.8 Å². The van der Waals surface area contributed by atoms with Crippen LogP contribution in [0.15, 0.2) is 53.6 Å². The third-order valence-electron chi connectivity index (χ3n) is 2.70. The number of nitrogens with one attached hydrogen (secondary N) is 1. The largest absolute Gasteiger partial charge is 0.497 e. The number of carbonyl (C=O) groups is 1. The summed E-state index contributed by atoms with van der Waals surface area (Å²) in [6, 6.07) is 14.1. The molecule has 1 N–H and O–H groups in total. The summed E-state index contributed by atoms with van der Waals surface area (Å²) in [5, 5.41) is 4.49. The maximum Gasteiger partial charge on any atom is 0.277 e. The van der Waals surface area contributed by atoms with E-state index in [0.717, 1.165) is 11.3 Å². The zero-order chi connectivity index (χ0) is 15.8. The number of hydrogen-bond donors (Lipinski definition) is 1. The van der Waals surface area contributed by atoms with Gasteiger partial charge in [-0.3, -0.25) is 4.79 Å². The molecule has 0 spiro atoms. The minimum atomic E-state index is -0.346. The van der Waals surface area contributed by atoms with Crippen LogP contribution in [0.3, 0.4) is 0 Å². The van der Waals surface area contributed by atoms with Crippen LogP contribution in [0.5, 0.6) is 11.5 Å². The van der Waals surface area contributed by atoms with E-state index in [-0.39, 0.29) is 12.5 Å². The Bertz CT molecular complexity index is 639. The van der Waals surface area contributed by atoms with Gasteiger partial charge in [0.2, 0.25) is 0 Å². The molecule has 2 rings (SSSR count). The highest BCUT2D eigenvalue weighted by molar-refractivity contribution is 6.30. The zero-order valence-corrected chi connectivity index (χ0v) is 12.7. The predicted molar refractivity (Wildman–Crippen MR) is 85.7 cm³/mol. The van der Waals surface area contributed by atoms with E-state index in [1.165, 1.54) is 6.21 Å². The van der Waals surface area contributed by atoms with Gasteiger partial charge in [0, 0.05) is 5.02 Å². The van der Waals surface area contributed by atoms with Gasteiger partial charge in [-0.1, -0.05) is 23.7 Å². The number of hydrazone groups is 1. The second-order valence-corrected chi connectivity index (χ2v) is 4.75. The van der Waals surface area contributed by atoms with Gasteiger partial charge in [-0.05, 0) is 42.0 Å². The van der Waals surface area contributed by atoms with Crippen LogP contribution in [0, 0.1) is 0 Å². The number of benzene rings is 2. The van der Waals surface area contributed by atoms with E-state index in [4.69, 9.17) is 21.1 Å². The lowest BCUT2D eigenvalue weighted by atomic mass is 10.2. The van der Waals surface area contributed by atoms with E-state index >= 15 is 0 Å². The van der Waals surface area contributed by atoms with Crippen molar-refractivity contribution in [3.8, 4) is 11.5 Å². The van der Waals surface area contributed by atoms with Crippen molar-refractivity contribution in [2.75, 3.05) is 13.7 Å². The second kappa shape index (κ2) is 8.05. The zero-order valence-electron chi connectivity index (χ0n) is 12.0. The second-order valence-electron chi connectivity index (χ2n) is 4.31. The van der Waals surface area contributed by atoms with Crippen LogP contribution >= 0.6 is 11.6 Å². The molecule has 0 saturated heterocycles. The highest BCUT2D eigenvalue weighted by Crippen LogP contribution is 2.16. The average molecular weight is 319 g/mol. The molecule has 0 saturated carbocycles. The molecule has 0 atom stereocenters. The van der Waals surface area contributed by atoms with E-state index in [9.17, 15) is 4.79 Å². The third-order valence-corrected chi connectivity index (χ3v) is 2.95. The fourth-order valence-electron chi connectivity index (χ4n) is 1.58. The van der Waals surface area contributed by atoms with Crippen molar-refractivity contribution in [3.05, 3.63) is 59.1 Å². The van der Waals surface area contributed by atoms with Gasteiger partial charge in [0.05, 0.1) is 13.3 Å². The summed E-state index contributed by atoms with van der Waals surface area (Å²) in [5.41, 5.74) is 3.22. The topological polar surface area (TPSA) is 59.9 Å². The normalized spacial score (nSPS) is 10.5. The third kappa shape index (κ3) is 5.10. The summed E-state index contributed by atoms with van der Waals surface area (Å²) in [5.74, 6) is 0.961. The van der Waals surface area contributed by atoms with Gasteiger partial charge < -0.3 is 9.47 Å². The monoisotopic (exact) mass is 318 g/mol. The molecule has 0 heterocycles. The first-order chi connectivity index (χ1) is 10.7. The summed E-state index contributed by atoms with van der Waals surface area (Å²) in [6.45, 7) is -0.121. The summed E-state index contributed by atoms with van der Waals surface area (Å²) in [7, 11) is 1.59. The minimum Gasteiger partial charge on any atom is -0.497 e.